The molecule has 2 saturated carbocycles. The van der Waals surface area contributed by atoms with Crippen LogP contribution in [-0.4, -0.2) is 15.6 Å². The van der Waals surface area contributed by atoms with Gasteiger partial charge in [0.05, 0.1) is 6.10 Å². The lowest BCUT2D eigenvalue weighted by molar-refractivity contribution is 0.0154. The largest absolute Gasteiger partial charge is 0.393 e. The average Bonchev–Trinajstić information content (AvgIpc) is 2.39. The monoisotopic (exact) mass is 280 g/mol. The maximum Gasteiger partial charge on any atom is 0.0602 e. The van der Waals surface area contributed by atoms with Crippen molar-refractivity contribution in [2.24, 2.45) is 16.7 Å². The molecule has 2 aliphatic carbocycles. The van der Waals surface area contributed by atoms with Crippen molar-refractivity contribution in [2.45, 2.75) is 39.2 Å². The number of alkyl halides is 1. The normalized spacial score (nSPS) is 58.0. The lowest BCUT2D eigenvalue weighted by Gasteiger charge is -2.38. The zero-order chi connectivity index (χ0) is 8.98. The van der Waals surface area contributed by atoms with Gasteiger partial charge in [-0.25, -0.2) is 0 Å². The van der Waals surface area contributed by atoms with Crippen molar-refractivity contribution in [2.75, 3.05) is 4.43 Å². The van der Waals surface area contributed by atoms with E-state index in [1.54, 1.807) is 0 Å². The van der Waals surface area contributed by atoms with Gasteiger partial charge < -0.3 is 5.11 Å². The Kier molecular flexibility index (Phi) is 2.00. The smallest absolute Gasteiger partial charge is 0.0602 e. The first-order valence-corrected chi connectivity index (χ1v) is 6.31. The molecule has 0 saturated heterocycles. The number of hydrogen-bond acceptors (Lipinski definition) is 1. The van der Waals surface area contributed by atoms with Gasteiger partial charge in [-0.2, -0.15) is 0 Å². The van der Waals surface area contributed by atoms with Crippen molar-refractivity contribution < 1.29 is 5.11 Å². The number of aliphatic hydroxyl groups is 1. The lowest BCUT2D eigenvalue weighted by atomic mass is 9.70. The standard InChI is InChI=1S/C10H17IO/c1-9-4-3-7(5-8(9)12)10(9,2)6-11/h7-8,12H,3-6H2,1-2H3/t7-,8+,9+,10-/m1/s1. The Hall–Kier alpha value is 0.690. The van der Waals surface area contributed by atoms with Crippen LogP contribution < -0.4 is 0 Å². The summed E-state index contributed by atoms with van der Waals surface area (Å²) in [7, 11) is 0. The molecule has 0 aliphatic heterocycles. The summed E-state index contributed by atoms with van der Waals surface area (Å²) in [6.07, 6.45) is 3.59. The maximum absolute atomic E-state index is 9.94. The van der Waals surface area contributed by atoms with E-state index < -0.39 is 0 Å². The van der Waals surface area contributed by atoms with E-state index in [0.29, 0.717) is 5.41 Å². The van der Waals surface area contributed by atoms with Crippen LogP contribution in [0.4, 0.5) is 0 Å². The fourth-order valence-corrected chi connectivity index (χ4v) is 4.76. The van der Waals surface area contributed by atoms with Gasteiger partial charge >= 0.3 is 0 Å². The second kappa shape index (κ2) is 2.59. The topological polar surface area (TPSA) is 20.2 Å². The van der Waals surface area contributed by atoms with Crippen LogP contribution in [-0.2, 0) is 0 Å². The number of halogens is 1. The molecule has 2 fully saturated rings. The Morgan fingerprint density at radius 2 is 2.17 bits per heavy atom. The lowest BCUT2D eigenvalue weighted by Crippen LogP contribution is -2.38. The van der Waals surface area contributed by atoms with Gasteiger partial charge in [0.2, 0.25) is 0 Å². The third kappa shape index (κ3) is 0.834. The molecule has 0 unspecified atom stereocenters. The molecule has 0 aromatic heterocycles. The number of rotatable bonds is 1. The molecule has 2 aliphatic rings. The zero-order valence-corrected chi connectivity index (χ0v) is 9.97. The van der Waals surface area contributed by atoms with Crippen molar-refractivity contribution in [3.05, 3.63) is 0 Å². The summed E-state index contributed by atoms with van der Waals surface area (Å²) >= 11 is 2.49. The molecule has 70 valence electrons. The first-order chi connectivity index (χ1) is 5.54. The molecule has 0 spiro atoms. The highest BCUT2D eigenvalue weighted by molar-refractivity contribution is 14.1. The van der Waals surface area contributed by atoms with Crippen LogP contribution in [0.5, 0.6) is 0 Å². The SMILES string of the molecule is C[C@]12CC[C@H](C[C@@H]1O)[C@@]2(C)CI. The maximum atomic E-state index is 9.94. The molecule has 2 heteroatoms. The molecule has 0 aromatic carbocycles. The van der Waals surface area contributed by atoms with Crippen molar-refractivity contribution in [3.8, 4) is 0 Å². The van der Waals surface area contributed by atoms with Gasteiger partial charge in [0.15, 0.2) is 0 Å². The highest BCUT2D eigenvalue weighted by Crippen LogP contribution is 2.66. The highest BCUT2D eigenvalue weighted by atomic mass is 127. The molecular weight excluding hydrogens is 263 g/mol. The minimum atomic E-state index is -0.0315. The van der Waals surface area contributed by atoms with Crippen LogP contribution in [0.25, 0.3) is 0 Å². The summed E-state index contributed by atoms with van der Waals surface area (Å²) in [6.45, 7) is 4.65. The molecule has 2 rings (SSSR count). The Bertz CT molecular complexity index is 204. The van der Waals surface area contributed by atoms with E-state index >= 15 is 0 Å². The van der Waals surface area contributed by atoms with Crippen LogP contribution in [0.1, 0.15) is 33.1 Å². The number of hydrogen-bond donors (Lipinski definition) is 1. The van der Waals surface area contributed by atoms with Crippen molar-refractivity contribution in [1.29, 1.82) is 0 Å². The molecule has 0 amide bonds. The quantitative estimate of drug-likeness (QED) is 0.578. The third-order valence-electron chi connectivity index (χ3n) is 4.74. The van der Waals surface area contributed by atoms with Gasteiger partial charge in [0.25, 0.3) is 0 Å². The minimum Gasteiger partial charge on any atom is -0.393 e. The Labute approximate surface area is 88.1 Å². The first-order valence-electron chi connectivity index (χ1n) is 4.78. The van der Waals surface area contributed by atoms with Crippen LogP contribution in [0, 0.1) is 16.7 Å². The second-order valence-corrected chi connectivity index (χ2v) is 5.72. The number of fused-ring (bicyclic) bond motifs is 2. The van der Waals surface area contributed by atoms with E-state index in [2.05, 4.69) is 36.4 Å². The van der Waals surface area contributed by atoms with E-state index in [-0.39, 0.29) is 11.5 Å². The minimum absolute atomic E-state index is 0.0315. The Balaban J connectivity index is 2.38. The third-order valence-corrected chi connectivity index (χ3v) is 6.32. The van der Waals surface area contributed by atoms with Crippen LogP contribution in [0.3, 0.4) is 0 Å². The molecule has 12 heavy (non-hydrogen) atoms. The average molecular weight is 280 g/mol. The molecule has 1 nitrogen and oxygen atoms in total. The van der Waals surface area contributed by atoms with E-state index in [4.69, 9.17) is 0 Å². The van der Waals surface area contributed by atoms with Gasteiger partial charge in [-0.15, -0.1) is 0 Å². The summed E-state index contributed by atoms with van der Waals surface area (Å²) in [5.74, 6) is 0.786. The van der Waals surface area contributed by atoms with Crippen molar-refractivity contribution in [3.63, 3.8) is 0 Å². The molecule has 1 N–H and O–H groups in total. The van der Waals surface area contributed by atoms with Gasteiger partial charge in [-0.05, 0) is 36.0 Å². The Morgan fingerprint density at radius 1 is 1.50 bits per heavy atom. The zero-order valence-electron chi connectivity index (χ0n) is 7.81. The van der Waals surface area contributed by atoms with Gasteiger partial charge in [0, 0.05) is 4.43 Å². The summed E-state index contributed by atoms with van der Waals surface area (Å²) in [4.78, 5) is 0. The van der Waals surface area contributed by atoms with Crippen molar-refractivity contribution in [1.82, 2.24) is 0 Å². The molecule has 0 aromatic rings. The summed E-state index contributed by atoms with van der Waals surface area (Å²) in [6, 6.07) is 0. The van der Waals surface area contributed by atoms with E-state index in [1.165, 1.54) is 17.3 Å². The van der Waals surface area contributed by atoms with Crippen LogP contribution in [0.2, 0.25) is 0 Å². The molecule has 0 radical (unpaired) electrons. The molecular formula is C10H17IO. The van der Waals surface area contributed by atoms with E-state index in [1.807, 2.05) is 0 Å². The predicted molar refractivity (Wildman–Crippen MR) is 58.4 cm³/mol. The number of aliphatic hydroxyl groups excluding tert-OH is 1. The van der Waals surface area contributed by atoms with Crippen molar-refractivity contribution >= 4 is 22.6 Å². The van der Waals surface area contributed by atoms with E-state index in [9.17, 15) is 5.11 Å². The molecule has 2 bridgehead atoms. The first kappa shape index (κ1) is 9.25. The predicted octanol–water partition coefficient (Wildman–Crippen LogP) is 2.61. The van der Waals surface area contributed by atoms with Gasteiger partial charge in [-0.3, -0.25) is 0 Å². The van der Waals surface area contributed by atoms with Crippen LogP contribution >= 0.6 is 22.6 Å². The fraction of sp³-hybridized carbons (Fsp3) is 1.00. The van der Waals surface area contributed by atoms with Gasteiger partial charge in [0.1, 0.15) is 0 Å². The molecule has 4 atom stereocenters. The highest BCUT2D eigenvalue weighted by Gasteiger charge is 2.62. The van der Waals surface area contributed by atoms with Crippen LogP contribution in [0.15, 0.2) is 0 Å². The Morgan fingerprint density at radius 3 is 2.42 bits per heavy atom. The van der Waals surface area contributed by atoms with Gasteiger partial charge in [-0.1, -0.05) is 36.4 Å². The summed E-state index contributed by atoms with van der Waals surface area (Å²) < 4.78 is 1.20. The summed E-state index contributed by atoms with van der Waals surface area (Å²) in [5.41, 5.74) is 0.631. The second-order valence-electron chi connectivity index (χ2n) is 4.96. The summed E-state index contributed by atoms with van der Waals surface area (Å²) in [5, 5.41) is 9.94. The van der Waals surface area contributed by atoms with E-state index in [0.717, 1.165) is 12.3 Å². The molecule has 0 heterocycles. The fourth-order valence-electron chi connectivity index (χ4n) is 3.26.